The predicted octanol–water partition coefficient (Wildman–Crippen LogP) is 4.45. The van der Waals surface area contributed by atoms with Gasteiger partial charge in [0, 0.05) is 38.8 Å². The van der Waals surface area contributed by atoms with Gasteiger partial charge in [0.05, 0.1) is 37.5 Å². The molecule has 4 aromatic rings. The molecule has 1 N–H and O–H groups in total. The smallest absolute Gasteiger partial charge is 0.322 e. The number of amides is 2. The molecule has 0 bridgehead atoms. The molecular formula is C28H31N5O3. The van der Waals surface area contributed by atoms with Crippen LogP contribution in [0.3, 0.4) is 0 Å². The number of benzene rings is 3. The monoisotopic (exact) mass is 485 g/mol. The highest BCUT2D eigenvalue weighted by atomic mass is 16.5. The average Bonchev–Trinajstić information content (AvgIpc) is 3.26. The van der Waals surface area contributed by atoms with Crippen LogP contribution >= 0.6 is 0 Å². The van der Waals surface area contributed by atoms with Crippen LogP contribution in [0.15, 0.2) is 72.8 Å². The van der Waals surface area contributed by atoms with Crippen LogP contribution in [-0.4, -0.2) is 65.8 Å². The highest BCUT2D eigenvalue weighted by Gasteiger charge is 2.23. The van der Waals surface area contributed by atoms with Crippen molar-refractivity contribution in [3.05, 3.63) is 84.2 Å². The van der Waals surface area contributed by atoms with Gasteiger partial charge in [-0.05, 0) is 29.8 Å². The molecule has 8 heteroatoms. The first kappa shape index (κ1) is 23.7. The Kier molecular flexibility index (Phi) is 7.04. The number of aromatic nitrogens is 2. The maximum Gasteiger partial charge on any atom is 0.322 e. The number of hydrogen-bond acceptors (Lipinski definition) is 5. The number of methoxy groups -OCH3 is 2. The average molecular weight is 486 g/mol. The molecule has 0 unspecified atom stereocenters. The van der Waals surface area contributed by atoms with Crippen molar-refractivity contribution in [2.24, 2.45) is 0 Å². The van der Waals surface area contributed by atoms with Crippen molar-refractivity contribution < 1.29 is 14.3 Å². The molecule has 1 fully saturated rings. The second kappa shape index (κ2) is 10.7. The lowest BCUT2D eigenvalue weighted by Crippen LogP contribution is -2.49. The number of rotatable bonds is 7. The number of piperazine rings is 1. The van der Waals surface area contributed by atoms with Crippen LogP contribution < -0.4 is 14.8 Å². The van der Waals surface area contributed by atoms with Crippen molar-refractivity contribution in [1.29, 1.82) is 0 Å². The van der Waals surface area contributed by atoms with E-state index in [0.717, 1.165) is 43.0 Å². The summed E-state index contributed by atoms with van der Waals surface area (Å²) in [5.74, 6) is 2.29. The molecule has 2 heterocycles. The van der Waals surface area contributed by atoms with E-state index in [4.69, 9.17) is 14.5 Å². The predicted molar refractivity (Wildman–Crippen MR) is 141 cm³/mol. The fourth-order valence-electron chi connectivity index (χ4n) is 4.59. The molecule has 0 radical (unpaired) electrons. The summed E-state index contributed by atoms with van der Waals surface area (Å²) in [6, 6.07) is 24.0. The molecule has 3 aromatic carbocycles. The van der Waals surface area contributed by atoms with Gasteiger partial charge in [-0.15, -0.1) is 0 Å². The molecule has 1 aliphatic rings. The summed E-state index contributed by atoms with van der Waals surface area (Å²) in [7, 11) is 3.18. The van der Waals surface area contributed by atoms with Crippen LogP contribution in [0.2, 0.25) is 0 Å². The van der Waals surface area contributed by atoms with Gasteiger partial charge in [-0.2, -0.15) is 0 Å². The summed E-state index contributed by atoms with van der Waals surface area (Å²) in [6.45, 7) is 4.36. The Hall–Kier alpha value is -4.04. The molecule has 0 saturated carbocycles. The largest absolute Gasteiger partial charge is 0.497 e. The van der Waals surface area contributed by atoms with Crippen molar-refractivity contribution in [3.63, 3.8) is 0 Å². The second-order valence-electron chi connectivity index (χ2n) is 8.85. The number of urea groups is 1. The van der Waals surface area contributed by atoms with Gasteiger partial charge in [0.2, 0.25) is 0 Å². The number of nitrogens with one attached hydrogen (secondary N) is 1. The van der Waals surface area contributed by atoms with E-state index in [1.165, 1.54) is 5.56 Å². The number of carbonyl (C=O) groups excluding carboxylic acids is 1. The van der Waals surface area contributed by atoms with Gasteiger partial charge in [0.25, 0.3) is 0 Å². The zero-order valence-electron chi connectivity index (χ0n) is 20.7. The highest BCUT2D eigenvalue weighted by molar-refractivity contribution is 5.91. The van der Waals surface area contributed by atoms with Crippen molar-refractivity contribution in [3.8, 4) is 11.5 Å². The minimum atomic E-state index is -0.130. The molecule has 8 nitrogen and oxygen atoms in total. The van der Waals surface area contributed by atoms with Gasteiger partial charge in [-0.3, -0.25) is 4.90 Å². The van der Waals surface area contributed by atoms with E-state index in [9.17, 15) is 4.79 Å². The van der Waals surface area contributed by atoms with Crippen molar-refractivity contribution in [2.45, 2.75) is 13.1 Å². The van der Waals surface area contributed by atoms with Crippen LogP contribution in [0.1, 0.15) is 11.4 Å². The highest BCUT2D eigenvalue weighted by Crippen LogP contribution is 2.29. The van der Waals surface area contributed by atoms with E-state index in [1.54, 1.807) is 32.4 Å². The molecule has 1 saturated heterocycles. The number of fused-ring (bicyclic) bond motifs is 1. The Balaban J connectivity index is 1.24. The molecule has 186 valence electrons. The Morgan fingerprint density at radius 1 is 0.889 bits per heavy atom. The summed E-state index contributed by atoms with van der Waals surface area (Å²) in [5, 5.41) is 2.97. The van der Waals surface area contributed by atoms with Crippen molar-refractivity contribution in [1.82, 2.24) is 19.4 Å². The number of anilines is 1. The maximum atomic E-state index is 12.9. The number of hydrogen-bond donors (Lipinski definition) is 1. The third-order valence-electron chi connectivity index (χ3n) is 6.59. The normalized spacial score (nSPS) is 14.1. The van der Waals surface area contributed by atoms with Gasteiger partial charge in [0.15, 0.2) is 0 Å². The topological polar surface area (TPSA) is 71.9 Å². The number of nitrogens with zero attached hydrogens (tertiary/aromatic N) is 4. The molecule has 5 rings (SSSR count). The molecule has 0 aliphatic carbocycles. The molecule has 0 spiro atoms. The van der Waals surface area contributed by atoms with Gasteiger partial charge in [-0.25, -0.2) is 9.78 Å². The number of ether oxygens (including phenoxy) is 2. The lowest BCUT2D eigenvalue weighted by Gasteiger charge is -2.34. The first-order valence-electron chi connectivity index (χ1n) is 12.1. The van der Waals surface area contributed by atoms with Gasteiger partial charge in [-0.1, -0.05) is 42.5 Å². The Morgan fingerprint density at radius 2 is 1.64 bits per heavy atom. The van der Waals surface area contributed by atoms with Crippen LogP contribution in [0.25, 0.3) is 11.0 Å². The van der Waals surface area contributed by atoms with E-state index in [0.29, 0.717) is 30.3 Å². The van der Waals surface area contributed by atoms with Crippen molar-refractivity contribution in [2.75, 3.05) is 45.7 Å². The van der Waals surface area contributed by atoms with Gasteiger partial charge < -0.3 is 24.3 Å². The van der Waals surface area contributed by atoms with Crippen LogP contribution in [0.4, 0.5) is 10.5 Å². The fraction of sp³-hybridized carbons (Fsp3) is 0.286. The molecule has 0 atom stereocenters. The first-order valence-corrected chi connectivity index (χ1v) is 12.1. The van der Waals surface area contributed by atoms with E-state index >= 15 is 0 Å². The van der Waals surface area contributed by atoms with Gasteiger partial charge in [0.1, 0.15) is 17.3 Å². The standard InChI is InChI=1S/C28H31N5O3/c1-35-22-12-13-24(26(18-22)36-2)30-28(34)32-16-14-31(15-17-32)20-27-29-23-10-6-7-11-25(23)33(27)19-21-8-4-3-5-9-21/h3-13,18H,14-17,19-20H2,1-2H3,(H,30,34). The van der Waals surface area contributed by atoms with Crippen LogP contribution in [-0.2, 0) is 13.1 Å². The summed E-state index contributed by atoms with van der Waals surface area (Å²) >= 11 is 0. The summed E-state index contributed by atoms with van der Waals surface area (Å²) in [4.78, 5) is 22.1. The minimum absolute atomic E-state index is 0.130. The number of imidazole rings is 1. The quantitative estimate of drug-likeness (QED) is 0.419. The number of carbonyl (C=O) groups is 1. The Labute approximate surface area is 211 Å². The second-order valence-corrected chi connectivity index (χ2v) is 8.85. The Morgan fingerprint density at radius 3 is 2.39 bits per heavy atom. The summed E-state index contributed by atoms with van der Waals surface area (Å²) in [6.07, 6.45) is 0. The molecule has 36 heavy (non-hydrogen) atoms. The van der Waals surface area contributed by atoms with E-state index in [2.05, 4.69) is 57.2 Å². The molecule has 1 aromatic heterocycles. The third-order valence-corrected chi connectivity index (χ3v) is 6.59. The lowest BCUT2D eigenvalue weighted by molar-refractivity contribution is 0.140. The SMILES string of the molecule is COc1ccc(NC(=O)N2CCN(Cc3nc4ccccc4n3Cc3ccccc3)CC2)c(OC)c1. The number of para-hydroxylation sites is 2. The van der Waals surface area contributed by atoms with Crippen LogP contribution in [0.5, 0.6) is 11.5 Å². The first-order chi connectivity index (χ1) is 17.6. The van der Waals surface area contributed by atoms with Crippen LogP contribution in [0, 0.1) is 0 Å². The molecule has 1 aliphatic heterocycles. The zero-order chi connectivity index (χ0) is 24.9. The third kappa shape index (κ3) is 5.13. The fourth-order valence-corrected chi connectivity index (χ4v) is 4.59. The summed E-state index contributed by atoms with van der Waals surface area (Å²) < 4.78 is 13.0. The molecule has 2 amide bonds. The zero-order valence-corrected chi connectivity index (χ0v) is 20.7. The van der Waals surface area contributed by atoms with Crippen molar-refractivity contribution >= 4 is 22.8 Å². The minimum Gasteiger partial charge on any atom is -0.497 e. The lowest BCUT2D eigenvalue weighted by atomic mass is 10.2. The van der Waals surface area contributed by atoms with E-state index in [1.807, 2.05) is 17.0 Å². The van der Waals surface area contributed by atoms with E-state index < -0.39 is 0 Å². The summed E-state index contributed by atoms with van der Waals surface area (Å²) in [5.41, 5.74) is 4.02. The maximum absolute atomic E-state index is 12.9. The van der Waals surface area contributed by atoms with Gasteiger partial charge >= 0.3 is 6.03 Å². The Bertz CT molecular complexity index is 1330. The molecular weight excluding hydrogens is 454 g/mol. The van der Waals surface area contributed by atoms with E-state index in [-0.39, 0.29) is 6.03 Å².